The molecule has 1 unspecified atom stereocenters. The molecule has 0 aromatic heterocycles. The minimum absolute atomic E-state index is 0.439. The third-order valence-electron chi connectivity index (χ3n) is 9.74. The van der Waals surface area contributed by atoms with Gasteiger partial charge in [-0.1, -0.05) is 0 Å². The summed E-state index contributed by atoms with van der Waals surface area (Å²) < 4.78 is 55.5. The number of methoxy groups -OCH3 is 1. The summed E-state index contributed by atoms with van der Waals surface area (Å²) in [4.78, 5) is 0. The second-order valence-electron chi connectivity index (χ2n) is 13.2. The Morgan fingerprint density at radius 2 is 0.962 bits per heavy atom. The monoisotopic (exact) mass is 766 g/mol. The van der Waals surface area contributed by atoms with Crippen molar-refractivity contribution in [1.29, 1.82) is 0 Å². The van der Waals surface area contributed by atoms with Crippen LogP contribution in [0.4, 0.5) is 0 Å². The average Bonchev–Trinajstić information content (AvgIpc) is 3.11. The first-order valence-electron chi connectivity index (χ1n) is 16.7. The first kappa shape index (κ1) is 42.2. The number of hydrogen-bond donors (Lipinski definition) is 13. The maximum Gasteiger partial charge on any atom is 0.187 e. The molecule has 52 heavy (non-hydrogen) atoms. The van der Waals surface area contributed by atoms with Crippen LogP contribution >= 0.6 is 0 Å². The van der Waals surface area contributed by atoms with E-state index in [1.165, 1.54) is 14.0 Å². The SMILES string of the molecule is CO[C@@H]1[C@@H](O)[C@H](O[C@@H]2[C@@H](O)[C@H](O[C@H]3[C@H](O)[C@@H](O[C@@H]4OC[C@@H](O)[C@H](O)[C@H]4O)[C@H](O[C@H]4C(O)OC[C@@H](O)[C@@H]4O)O[C@@H]3C)O[C@H](CO)[C@H]2O)O[C@H](CO)[C@H]1O. The Kier molecular flexibility index (Phi) is 14.5. The lowest BCUT2D eigenvalue weighted by molar-refractivity contribution is -0.400. The number of ether oxygens (including phenoxy) is 10. The second-order valence-corrected chi connectivity index (χ2v) is 13.2. The summed E-state index contributed by atoms with van der Waals surface area (Å²) in [5.74, 6) is 0. The molecular formula is C29H50O23. The van der Waals surface area contributed by atoms with Gasteiger partial charge in [0.1, 0.15) is 104 Å². The van der Waals surface area contributed by atoms with Crippen LogP contribution in [0.2, 0.25) is 0 Å². The highest BCUT2D eigenvalue weighted by molar-refractivity contribution is 4.98. The molecule has 23 nitrogen and oxygen atoms in total. The lowest BCUT2D eigenvalue weighted by atomic mass is 9.96. The molecule has 5 saturated heterocycles. The highest BCUT2D eigenvalue weighted by Gasteiger charge is 2.56. The van der Waals surface area contributed by atoms with Gasteiger partial charge in [-0.3, -0.25) is 0 Å². The van der Waals surface area contributed by atoms with Crippen molar-refractivity contribution >= 4 is 0 Å². The van der Waals surface area contributed by atoms with Gasteiger partial charge in [-0.25, -0.2) is 0 Å². The molecule has 5 aliphatic heterocycles. The van der Waals surface area contributed by atoms with Crippen LogP contribution in [-0.4, -0.2) is 241 Å². The van der Waals surface area contributed by atoms with Gasteiger partial charge in [-0.05, 0) is 6.92 Å². The van der Waals surface area contributed by atoms with E-state index in [2.05, 4.69) is 0 Å². The second kappa shape index (κ2) is 17.9. The summed E-state index contributed by atoms with van der Waals surface area (Å²) in [5.41, 5.74) is 0. The van der Waals surface area contributed by atoms with Gasteiger partial charge < -0.3 is 114 Å². The molecule has 0 aliphatic carbocycles. The van der Waals surface area contributed by atoms with Gasteiger partial charge in [-0.15, -0.1) is 0 Å². The largest absolute Gasteiger partial charge is 0.394 e. The predicted molar refractivity (Wildman–Crippen MR) is 158 cm³/mol. The van der Waals surface area contributed by atoms with Crippen LogP contribution in [0.3, 0.4) is 0 Å². The molecule has 0 aromatic rings. The van der Waals surface area contributed by atoms with Crippen LogP contribution in [0.1, 0.15) is 6.92 Å². The predicted octanol–water partition coefficient (Wildman–Crippen LogP) is -8.96. The first-order chi connectivity index (χ1) is 24.6. The van der Waals surface area contributed by atoms with Gasteiger partial charge in [0.25, 0.3) is 0 Å². The average molecular weight is 767 g/mol. The smallest absolute Gasteiger partial charge is 0.187 e. The zero-order valence-electron chi connectivity index (χ0n) is 28.0. The molecule has 0 radical (unpaired) electrons. The molecule has 304 valence electrons. The summed E-state index contributed by atoms with van der Waals surface area (Å²) in [5, 5.41) is 136. The molecule has 23 heteroatoms. The van der Waals surface area contributed by atoms with Crippen LogP contribution < -0.4 is 0 Å². The van der Waals surface area contributed by atoms with Crippen LogP contribution in [0.25, 0.3) is 0 Å². The lowest BCUT2D eigenvalue weighted by Gasteiger charge is -2.50. The van der Waals surface area contributed by atoms with Crippen molar-refractivity contribution in [3.05, 3.63) is 0 Å². The summed E-state index contributed by atoms with van der Waals surface area (Å²) in [6.07, 6.45) is -38.1. The van der Waals surface area contributed by atoms with E-state index in [1.807, 2.05) is 0 Å². The molecule has 0 saturated carbocycles. The Balaban J connectivity index is 1.37. The van der Waals surface area contributed by atoms with E-state index in [1.54, 1.807) is 0 Å². The molecule has 0 amide bonds. The Hall–Kier alpha value is -0.920. The zero-order chi connectivity index (χ0) is 38.2. The van der Waals surface area contributed by atoms with Gasteiger partial charge in [0.15, 0.2) is 31.5 Å². The molecule has 0 bridgehead atoms. The fraction of sp³-hybridized carbons (Fsp3) is 1.00. The maximum absolute atomic E-state index is 11.7. The first-order valence-corrected chi connectivity index (χ1v) is 16.7. The van der Waals surface area contributed by atoms with Crippen LogP contribution in [0.15, 0.2) is 0 Å². The van der Waals surface area contributed by atoms with Crippen LogP contribution in [-0.2, 0) is 47.4 Å². The van der Waals surface area contributed by atoms with E-state index in [9.17, 15) is 66.4 Å². The van der Waals surface area contributed by atoms with Crippen molar-refractivity contribution < 1.29 is 114 Å². The molecule has 5 rings (SSSR count). The Morgan fingerprint density at radius 1 is 0.462 bits per heavy atom. The molecule has 5 aliphatic rings. The van der Waals surface area contributed by atoms with E-state index < -0.39 is 168 Å². The van der Waals surface area contributed by atoms with Gasteiger partial charge >= 0.3 is 0 Å². The number of hydrogen-bond acceptors (Lipinski definition) is 23. The van der Waals surface area contributed by atoms with Gasteiger partial charge in [0, 0.05) is 7.11 Å². The van der Waals surface area contributed by atoms with Crippen molar-refractivity contribution in [2.75, 3.05) is 33.5 Å². The summed E-state index contributed by atoms with van der Waals surface area (Å²) in [7, 11) is 1.17. The number of aliphatic hydroxyl groups is 13. The molecule has 13 N–H and O–H groups in total. The van der Waals surface area contributed by atoms with Crippen molar-refractivity contribution in [2.45, 2.75) is 148 Å². The number of aliphatic hydroxyl groups excluding tert-OH is 13. The third kappa shape index (κ3) is 8.57. The van der Waals surface area contributed by atoms with E-state index in [0.717, 1.165) is 0 Å². The van der Waals surface area contributed by atoms with Gasteiger partial charge in [-0.2, -0.15) is 0 Å². The molecule has 5 fully saturated rings. The highest BCUT2D eigenvalue weighted by atomic mass is 16.8. The van der Waals surface area contributed by atoms with Gasteiger partial charge in [0.2, 0.25) is 0 Å². The van der Waals surface area contributed by atoms with E-state index in [4.69, 9.17) is 47.4 Å². The molecule has 5 heterocycles. The zero-order valence-corrected chi connectivity index (χ0v) is 28.0. The van der Waals surface area contributed by atoms with Crippen molar-refractivity contribution in [3.8, 4) is 0 Å². The molecular weight excluding hydrogens is 716 g/mol. The van der Waals surface area contributed by atoms with Crippen LogP contribution in [0.5, 0.6) is 0 Å². The van der Waals surface area contributed by atoms with Gasteiger partial charge in [0.05, 0.1) is 32.5 Å². The lowest BCUT2D eigenvalue weighted by Crippen LogP contribution is -2.67. The van der Waals surface area contributed by atoms with E-state index >= 15 is 0 Å². The maximum atomic E-state index is 11.7. The quantitative estimate of drug-likeness (QED) is 0.0928. The topological polar surface area (TPSA) is 355 Å². The van der Waals surface area contributed by atoms with E-state index in [0.29, 0.717) is 0 Å². The summed E-state index contributed by atoms with van der Waals surface area (Å²) in [6, 6.07) is 0. The summed E-state index contributed by atoms with van der Waals surface area (Å²) >= 11 is 0. The minimum atomic E-state index is -1.96. The molecule has 0 aromatic carbocycles. The Bertz CT molecular complexity index is 1110. The van der Waals surface area contributed by atoms with Crippen LogP contribution in [0, 0.1) is 0 Å². The fourth-order valence-electron chi connectivity index (χ4n) is 6.65. The third-order valence-corrected chi connectivity index (χ3v) is 9.74. The number of rotatable bonds is 11. The van der Waals surface area contributed by atoms with Crippen molar-refractivity contribution in [3.63, 3.8) is 0 Å². The standard InChI is InChI=1S/C29H50O23/c1-7-20(49-28-19(41)22(15(37)11(4-31)48-28)50-27-18(40)21(43-2)14(36)10(3-30)47-27)17(39)24(52-26-16(38)12(34)8(32)6-45-26)29(46-7)51-23-13(35)9(33)5-44-25(23)42/h7-42H,3-6H2,1-2H3/t7-,8-,9-,10-,11-,12+,13+,14-,15-,16-,17+,18-,19-,20-,21+,22+,23-,24-,25?,26+,27+,28+,29+/m1/s1. The molecule has 23 atom stereocenters. The van der Waals surface area contributed by atoms with Crippen molar-refractivity contribution in [2.24, 2.45) is 0 Å². The minimum Gasteiger partial charge on any atom is -0.394 e. The van der Waals surface area contributed by atoms with E-state index in [-0.39, 0.29) is 0 Å². The summed E-state index contributed by atoms with van der Waals surface area (Å²) in [6.45, 7) is -1.16. The Morgan fingerprint density at radius 3 is 1.56 bits per heavy atom. The highest BCUT2D eigenvalue weighted by Crippen LogP contribution is 2.35. The molecule has 0 spiro atoms. The Labute approximate surface area is 295 Å². The normalized spacial score (nSPS) is 53.5. The fourth-order valence-corrected chi connectivity index (χ4v) is 6.65. The van der Waals surface area contributed by atoms with Crippen molar-refractivity contribution in [1.82, 2.24) is 0 Å².